The van der Waals surface area contributed by atoms with E-state index >= 15 is 0 Å². The Bertz CT molecular complexity index is 761. The summed E-state index contributed by atoms with van der Waals surface area (Å²) in [6.45, 7) is 3.49. The van der Waals surface area contributed by atoms with E-state index in [0.29, 0.717) is 18.8 Å². The second-order valence-corrected chi connectivity index (χ2v) is 7.34. The number of benzene rings is 1. The summed E-state index contributed by atoms with van der Waals surface area (Å²) in [7, 11) is 3.85. The molecule has 2 heterocycles. The molecule has 1 aromatic carbocycles. The van der Waals surface area contributed by atoms with Crippen molar-refractivity contribution in [2.75, 3.05) is 32.1 Å². The molecule has 1 aliphatic heterocycles. The zero-order valence-corrected chi connectivity index (χ0v) is 16.4. The average molecular weight is 368 g/mol. The minimum absolute atomic E-state index is 0.0267. The van der Waals surface area contributed by atoms with Crippen LogP contribution in [0.25, 0.3) is 0 Å². The van der Waals surface area contributed by atoms with Crippen molar-refractivity contribution >= 4 is 11.7 Å². The number of hydrogen-bond acceptors (Lipinski definition) is 5. The highest BCUT2D eigenvalue weighted by Crippen LogP contribution is 2.19. The highest BCUT2D eigenvalue weighted by molar-refractivity contribution is 5.76. The van der Waals surface area contributed by atoms with Crippen molar-refractivity contribution in [2.24, 2.45) is 0 Å². The highest BCUT2D eigenvalue weighted by Gasteiger charge is 2.25. The third kappa shape index (κ3) is 5.42. The molecule has 0 bridgehead atoms. The molecule has 1 aliphatic rings. The van der Waals surface area contributed by atoms with Crippen LogP contribution in [0.3, 0.4) is 0 Å². The fraction of sp³-hybridized carbons (Fsp3) is 0.476. The number of ether oxygens (including phenoxy) is 1. The average Bonchev–Trinajstić information content (AvgIpc) is 2.67. The molecule has 0 saturated carbocycles. The smallest absolute Gasteiger partial charge is 0.233 e. The SMILES string of the molecule is Cc1cccc(CCC(=O)N2CCCC(Oc3ccc(N(C)C)nn3)C2)c1. The van der Waals surface area contributed by atoms with Crippen molar-refractivity contribution in [3.05, 3.63) is 47.5 Å². The van der Waals surface area contributed by atoms with Crippen LogP contribution in [-0.4, -0.2) is 54.3 Å². The van der Waals surface area contributed by atoms with Crippen LogP contribution < -0.4 is 9.64 Å². The fourth-order valence-corrected chi connectivity index (χ4v) is 3.32. The standard InChI is InChI=1S/C21H28N4O2/c1-16-6-4-7-17(14-16)9-12-21(26)25-13-5-8-18(15-25)27-20-11-10-19(22-23-20)24(2)3/h4,6-7,10-11,14,18H,5,8-9,12-13,15H2,1-3H3. The minimum atomic E-state index is -0.0267. The van der Waals surface area contributed by atoms with Crippen molar-refractivity contribution in [2.45, 2.75) is 38.7 Å². The summed E-state index contributed by atoms with van der Waals surface area (Å²) < 4.78 is 5.96. The number of piperidine rings is 1. The van der Waals surface area contributed by atoms with Gasteiger partial charge in [0.1, 0.15) is 6.10 Å². The molecule has 1 fully saturated rings. The maximum absolute atomic E-state index is 12.6. The van der Waals surface area contributed by atoms with Gasteiger partial charge in [-0.2, -0.15) is 0 Å². The largest absolute Gasteiger partial charge is 0.471 e. The first kappa shape index (κ1) is 19.1. The number of amides is 1. The molecule has 6 heteroatoms. The highest BCUT2D eigenvalue weighted by atomic mass is 16.5. The Kier molecular flexibility index (Phi) is 6.27. The number of carbonyl (C=O) groups is 1. The lowest BCUT2D eigenvalue weighted by Gasteiger charge is -2.32. The number of aryl methyl sites for hydroxylation is 2. The number of nitrogens with zero attached hydrogens (tertiary/aromatic N) is 4. The molecule has 6 nitrogen and oxygen atoms in total. The van der Waals surface area contributed by atoms with Gasteiger partial charge in [0, 0.05) is 33.1 Å². The molecule has 144 valence electrons. The zero-order valence-electron chi connectivity index (χ0n) is 16.4. The number of likely N-dealkylation sites (tertiary alicyclic amines) is 1. The molecule has 0 spiro atoms. The Balaban J connectivity index is 1.51. The summed E-state index contributed by atoms with van der Waals surface area (Å²) >= 11 is 0. The van der Waals surface area contributed by atoms with E-state index in [1.165, 1.54) is 11.1 Å². The third-order valence-electron chi connectivity index (χ3n) is 4.81. The molecule has 3 rings (SSSR count). The van der Waals surface area contributed by atoms with Crippen molar-refractivity contribution in [3.63, 3.8) is 0 Å². The van der Waals surface area contributed by atoms with E-state index in [9.17, 15) is 4.79 Å². The number of aromatic nitrogens is 2. The van der Waals surface area contributed by atoms with Gasteiger partial charge in [0.15, 0.2) is 5.82 Å². The van der Waals surface area contributed by atoms with Crippen molar-refractivity contribution < 1.29 is 9.53 Å². The topological polar surface area (TPSA) is 58.6 Å². The molecule has 1 unspecified atom stereocenters. The first-order valence-corrected chi connectivity index (χ1v) is 9.52. The molecular weight excluding hydrogens is 340 g/mol. The van der Waals surface area contributed by atoms with E-state index in [0.717, 1.165) is 31.6 Å². The lowest BCUT2D eigenvalue weighted by molar-refractivity contribution is -0.133. The van der Waals surface area contributed by atoms with Gasteiger partial charge in [0.05, 0.1) is 6.54 Å². The number of rotatable bonds is 6. The van der Waals surface area contributed by atoms with Gasteiger partial charge < -0.3 is 14.5 Å². The number of hydrogen-bond donors (Lipinski definition) is 0. The molecule has 0 aliphatic carbocycles. The molecule has 1 aromatic heterocycles. The van der Waals surface area contributed by atoms with Crippen molar-refractivity contribution in [1.29, 1.82) is 0 Å². The first-order chi connectivity index (χ1) is 13.0. The van der Waals surface area contributed by atoms with Crippen molar-refractivity contribution in [3.8, 4) is 5.88 Å². The van der Waals surface area contributed by atoms with Crippen molar-refractivity contribution in [1.82, 2.24) is 15.1 Å². The maximum Gasteiger partial charge on any atom is 0.233 e. The van der Waals surface area contributed by atoms with Gasteiger partial charge in [0.25, 0.3) is 0 Å². The normalized spacial score (nSPS) is 16.9. The summed E-state index contributed by atoms with van der Waals surface area (Å²) in [5, 5.41) is 8.27. The van der Waals surface area contributed by atoms with Crippen LogP contribution in [0.1, 0.15) is 30.4 Å². The van der Waals surface area contributed by atoms with Crippen LogP contribution in [-0.2, 0) is 11.2 Å². The monoisotopic (exact) mass is 368 g/mol. The Morgan fingerprint density at radius 1 is 1.26 bits per heavy atom. The van der Waals surface area contributed by atoms with Gasteiger partial charge in [-0.25, -0.2) is 0 Å². The molecule has 27 heavy (non-hydrogen) atoms. The molecule has 1 atom stereocenters. The molecule has 0 radical (unpaired) electrons. The second-order valence-electron chi connectivity index (χ2n) is 7.34. The third-order valence-corrected chi connectivity index (χ3v) is 4.81. The van der Waals surface area contributed by atoms with E-state index in [2.05, 4.69) is 35.3 Å². The van der Waals surface area contributed by atoms with Gasteiger partial charge in [-0.15, -0.1) is 10.2 Å². The zero-order chi connectivity index (χ0) is 19.2. The summed E-state index contributed by atoms with van der Waals surface area (Å²) in [6.07, 6.45) is 3.16. The van der Waals surface area contributed by atoms with Crippen LogP contribution in [0.5, 0.6) is 5.88 Å². The Hall–Kier alpha value is -2.63. The summed E-state index contributed by atoms with van der Waals surface area (Å²) in [4.78, 5) is 16.4. The molecule has 2 aromatic rings. The van der Waals surface area contributed by atoms with Crippen LogP contribution in [0.15, 0.2) is 36.4 Å². The van der Waals surface area contributed by atoms with Gasteiger partial charge in [-0.3, -0.25) is 4.79 Å². The van der Waals surface area contributed by atoms with E-state index in [-0.39, 0.29) is 12.0 Å². The predicted molar refractivity (Wildman–Crippen MR) is 106 cm³/mol. The Morgan fingerprint density at radius 2 is 2.11 bits per heavy atom. The van der Waals surface area contributed by atoms with E-state index < -0.39 is 0 Å². The Morgan fingerprint density at radius 3 is 2.81 bits per heavy atom. The summed E-state index contributed by atoms with van der Waals surface area (Å²) in [5.41, 5.74) is 2.44. The fourth-order valence-electron chi connectivity index (χ4n) is 3.32. The molecule has 1 saturated heterocycles. The summed E-state index contributed by atoms with van der Waals surface area (Å²) in [6, 6.07) is 12.1. The minimum Gasteiger partial charge on any atom is -0.471 e. The number of carbonyl (C=O) groups excluding carboxylic acids is 1. The second kappa shape index (κ2) is 8.84. The first-order valence-electron chi connectivity index (χ1n) is 9.52. The van der Waals surface area contributed by atoms with Crippen LogP contribution in [0.4, 0.5) is 5.82 Å². The molecule has 1 amide bonds. The van der Waals surface area contributed by atoms with Gasteiger partial charge in [-0.1, -0.05) is 29.8 Å². The van der Waals surface area contributed by atoms with Gasteiger partial charge in [0.2, 0.25) is 11.8 Å². The van der Waals surface area contributed by atoms with Gasteiger partial charge in [-0.05, 0) is 37.8 Å². The summed E-state index contributed by atoms with van der Waals surface area (Å²) in [5.74, 6) is 1.50. The molecule has 0 N–H and O–H groups in total. The lowest BCUT2D eigenvalue weighted by atomic mass is 10.0. The maximum atomic E-state index is 12.6. The molecular formula is C21H28N4O2. The lowest BCUT2D eigenvalue weighted by Crippen LogP contribution is -2.44. The van der Waals surface area contributed by atoms with Crippen LogP contribution in [0.2, 0.25) is 0 Å². The van der Waals surface area contributed by atoms with Crippen LogP contribution in [0, 0.1) is 6.92 Å². The van der Waals surface area contributed by atoms with E-state index in [4.69, 9.17) is 4.74 Å². The van der Waals surface area contributed by atoms with E-state index in [1.807, 2.05) is 42.1 Å². The number of anilines is 1. The van der Waals surface area contributed by atoms with Gasteiger partial charge >= 0.3 is 0 Å². The van der Waals surface area contributed by atoms with Crippen LogP contribution >= 0.6 is 0 Å². The predicted octanol–water partition coefficient (Wildman–Crippen LogP) is 2.85. The quantitative estimate of drug-likeness (QED) is 0.785. The van der Waals surface area contributed by atoms with E-state index in [1.54, 1.807) is 0 Å². The Labute approximate surface area is 161 Å².